The Hall–Kier alpha value is -2.46. The van der Waals surface area contributed by atoms with Crippen LogP contribution in [0.1, 0.15) is 41.6 Å². The number of sulfonamides is 1. The van der Waals surface area contributed by atoms with Crippen molar-refractivity contribution in [1.82, 2.24) is 19.0 Å². The number of nitrogens with zero attached hydrogens (tertiary/aromatic N) is 4. The summed E-state index contributed by atoms with van der Waals surface area (Å²) >= 11 is 12.8. The van der Waals surface area contributed by atoms with Crippen molar-refractivity contribution in [2.24, 2.45) is 0 Å². The molecule has 0 N–H and O–H groups in total. The number of benzene rings is 3. The molecule has 1 atom stereocenters. The summed E-state index contributed by atoms with van der Waals surface area (Å²) in [6.07, 6.45) is 3.92. The number of carbonyl (C=O) groups is 1. The van der Waals surface area contributed by atoms with Crippen LogP contribution in [0.2, 0.25) is 10.0 Å². The molecule has 0 unspecified atom stereocenters. The van der Waals surface area contributed by atoms with E-state index in [4.69, 9.17) is 23.2 Å². The molecule has 3 fully saturated rings. The molecule has 0 spiro atoms. The van der Waals surface area contributed by atoms with E-state index in [0.29, 0.717) is 40.6 Å². The Balaban J connectivity index is 1.04. The molecule has 3 aromatic carbocycles. The predicted octanol–water partition coefficient (Wildman–Crippen LogP) is 5.64. The minimum atomic E-state index is -3.44. The molecule has 0 aliphatic carbocycles. The average Bonchev–Trinajstić information content (AvgIpc) is 3.04. The number of piperazine rings is 1. The summed E-state index contributed by atoms with van der Waals surface area (Å²) in [5.74, 6) is 0.0805. The number of amides is 1. The fourth-order valence-corrected chi connectivity index (χ4v) is 8.87. The van der Waals surface area contributed by atoms with Gasteiger partial charge in [0.25, 0.3) is 5.91 Å². The fraction of sp³-hybridized carbons (Fsp3) is 0.441. The number of hydrogen-bond acceptors (Lipinski definition) is 5. The van der Waals surface area contributed by atoms with Crippen LogP contribution in [0, 0.1) is 0 Å². The van der Waals surface area contributed by atoms with Gasteiger partial charge in [-0.3, -0.25) is 9.69 Å². The van der Waals surface area contributed by atoms with Gasteiger partial charge in [0.15, 0.2) is 0 Å². The van der Waals surface area contributed by atoms with Crippen LogP contribution < -0.4 is 0 Å². The van der Waals surface area contributed by atoms with Gasteiger partial charge < -0.3 is 9.80 Å². The van der Waals surface area contributed by atoms with Crippen LogP contribution >= 0.6 is 23.2 Å². The van der Waals surface area contributed by atoms with E-state index in [1.165, 1.54) is 0 Å². The fourth-order valence-electron chi connectivity index (χ4n) is 7.13. The Kier molecular flexibility index (Phi) is 9.66. The van der Waals surface area contributed by atoms with Crippen molar-refractivity contribution >= 4 is 39.1 Å². The first-order valence-corrected chi connectivity index (χ1v) is 17.8. The summed E-state index contributed by atoms with van der Waals surface area (Å²) in [6, 6.07) is 24.7. The molecule has 6 rings (SSSR count). The zero-order chi connectivity index (χ0) is 30.7. The molecule has 0 aromatic heterocycles. The summed E-state index contributed by atoms with van der Waals surface area (Å²) in [5.41, 5.74) is 1.70. The first-order chi connectivity index (χ1) is 21.2. The third-order valence-corrected chi connectivity index (χ3v) is 12.3. The van der Waals surface area contributed by atoms with E-state index in [1.54, 1.807) is 28.6 Å². The van der Waals surface area contributed by atoms with Gasteiger partial charge in [-0.25, -0.2) is 8.42 Å². The Morgan fingerprint density at radius 2 is 1.52 bits per heavy atom. The highest BCUT2D eigenvalue weighted by molar-refractivity contribution is 7.89. The van der Waals surface area contributed by atoms with Gasteiger partial charge in [-0.05, 0) is 74.2 Å². The predicted molar refractivity (Wildman–Crippen MR) is 176 cm³/mol. The molecule has 10 heteroatoms. The van der Waals surface area contributed by atoms with Gasteiger partial charge in [0.1, 0.15) is 0 Å². The molecule has 0 bridgehead atoms. The lowest BCUT2D eigenvalue weighted by atomic mass is 9.70. The molecular weight excluding hydrogens is 615 g/mol. The van der Waals surface area contributed by atoms with Crippen LogP contribution in [-0.2, 0) is 15.4 Å². The quantitative estimate of drug-likeness (QED) is 0.299. The molecule has 1 amide bonds. The number of halogens is 2. The summed E-state index contributed by atoms with van der Waals surface area (Å²) in [7, 11) is -3.44. The summed E-state index contributed by atoms with van der Waals surface area (Å²) in [5, 5.41) is 1.10. The van der Waals surface area contributed by atoms with Gasteiger partial charge in [-0.2, -0.15) is 4.31 Å². The van der Waals surface area contributed by atoms with Crippen LogP contribution in [-0.4, -0.2) is 98.3 Å². The first kappa shape index (κ1) is 31.5. The zero-order valence-electron chi connectivity index (χ0n) is 25.0. The Bertz CT molecular complexity index is 1550. The van der Waals surface area contributed by atoms with E-state index in [-0.39, 0.29) is 11.3 Å². The SMILES string of the molecule is O=C(c1ccccc1)N1CCC[C@](CCCN2CC(N3CCN(S(=O)(=O)c4ccccc4)CC3)C2)(c2ccc(Cl)c(Cl)c2)C1. The number of likely N-dealkylation sites (tertiary alicyclic amines) is 2. The lowest BCUT2D eigenvalue weighted by molar-refractivity contribution is 0.0146. The third kappa shape index (κ3) is 6.71. The van der Waals surface area contributed by atoms with Gasteiger partial charge >= 0.3 is 0 Å². The van der Waals surface area contributed by atoms with Gasteiger partial charge in [0.05, 0.1) is 14.9 Å². The summed E-state index contributed by atoms with van der Waals surface area (Å²) < 4.78 is 27.6. The highest BCUT2D eigenvalue weighted by Gasteiger charge is 2.40. The minimum Gasteiger partial charge on any atom is -0.338 e. The molecule has 3 aromatic rings. The number of hydrogen-bond donors (Lipinski definition) is 0. The van der Waals surface area contributed by atoms with Crippen LogP contribution in [0.5, 0.6) is 0 Å². The lowest BCUT2D eigenvalue weighted by Crippen LogP contribution is -2.63. The number of carbonyl (C=O) groups excluding carboxylic acids is 1. The zero-order valence-corrected chi connectivity index (χ0v) is 27.3. The maximum atomic E-state index is 13.4. The van der Waals surface area contributed by atoms with E-state index in [2.05, 4.69) is 15.9 Å². The minimum absolute atomic E-state index is 0.0805. The normalized spacial score (nSPS) is 22.5. The monoisotopic (exact) mass is 654 g/mol. The second kappa shape index (κ2) is 13.5. The van der Waals surface area contributed by atoms with Crippen LogP contribution in [0.15, 0.2) is 83.8 Å². The second-order valence-corrected chi connectivity index (χ2v) is 15.1. The largest absolute Gasteiger partial charge is 0.338 e. The topological polar surface area (TPSA) is 64.2 Å². The van der Waals surface area contributed by atoms with Crippen molar-refractivity contribution in [1.29, 1.82) is 0 Å². The Morgan fingerprint density at radius 3 is 2.20 bits per heavy atom. The lowest BCUT2D eigenvalue weighted by Gasteiger charge is -2.48. The third-order valence-electron chi connectivity index (χ3n) is 9.65. The van der Waals surface area contributed by atoms with E-state index < -0.39 is 10.0 Å². The van der Waals surface area contributed by atoms with Crippen molar-refractivity contribution < 1.29 is 13.2 Å². The van der Waals surface area contributed by atoms with E-state index in [9.17, 15) is 13.2 Å². The van der Waals surface area contributed by atoms with Gasteiger partial charge in [0.2, 0.25) is 10.0 Å². The maximum Gasteiger partial charge on any atom is 0.253 e. The summed E-state index contributed by atoms with van der Waals surface area (Å²) in [6.45, 7) is 6.99. The molecule has 0 saturated carbocycles. The van der Waals surface area contributed by atoms with Crippen molar-refractivity contribution in [3.05, 3.63) is 100 Å². The highest BCUT2D eigenvalue weighted by Crippen LogP contribution is 2.41. The molecule has 3 aliphatic rings. The van der Waals surface area contributed by atoms with Crippen LogP contribution in [0.25, 0.3) is 0 Å². The van der Waals surface area contributed by atoms with Gasteiger partial charge in [-0.1, -0.05) is 65.7 Å². The van der Waals surface area contributed by atoms with Gasteiger partial charge in [0, 0.05) is 69.4 Å². The Labute approximate surface area is 271 Å². The highest BCUT2D eigenvalue weighted by atomic mass is 35.5. The maximum absolute atomic E-state index is 13.4. The molecule has 234 valence electrons. The molecule has 3 heterocycles. The van der Waals surface area contributed by atoms with Crippen LogP contribution in [0.3, 0.4) is 0 Å². The number of piperidine rings is 1. The molecular formula is C34H40Cl2N4O3S. The van der Waals surface area contributed by atoms with Crippen LogP contribution in [0.4, 0.5) is 0 Å². The van der Waals surface area contributed by atoms with E-state index >= 15 is 0 Å². The standard InChI is InChI=1S/C34H40Cl2N4O3S/c35-31-14-13-28(23-32(31)36)34(16-8-18-39(26-34)33(41)27-9-3-1-4-10-27)15-7-17-37-24-29(25-37)38-19-21-40(22-20-38)44(42,43)30-11-5-2-6-12-30/h1-6,9-14,23,29H,7-8,15-22,24-26H2/t34-/m0/s1. The van der Waals surface area contributed by atoms with Gasteiger partial charge in [-0.15, -0.1) is 0 Å². The van der Waals surface area contributed by atoms with E-state index in [1.807, 2.05) is 53.4 Å². The van der Waals surface area contributed by atoms with Crippen molar-refractivity contribution in [2.45, 2.75) is 42.0 Å². The first-order valence-electron chi connectivity index (χ1n) is 15.6. The van der Waals surface area contributed by atoms with Crippen molar-refractivity contribution in [3.63, 3.8) is 0 Å². The molecule has 3 saturated heterocycles. The van der Waals surface area contributed by atoms with Crippen molar-refractivity contribution in [2.75, 3.05) is 58.9 Å². The molecule has 3 aliphatic heterocycles. The molecule has 7 nitrogen and oxygen atoms in total. The average molecular weight is 656 g/mol. The molecule has 0 radical (unpaired) electrons. The van der Waals surface area contributed by atoms with Crippen molar-refractivity contribution in [3.8, 4) is 0 Å². The second-order valence-electron chi connectivity index (χ2n) is 12.4. The van der Waals surface area contributed by atoms with E-state index in [0.717, 1.165) is 76.1 Å². The summed E-state index contributed by atoms with van der Waals surface area (Å²) in [4.78, 5) is 20.8. The smallest absolute Gasteiger partial charge is 0.253 e. The molecule has 44 heavy (non-hydrogen) atoms. The Morgan fingerprint density at radius 1 is 0.841 bits per heavy atom. The number of rotatable bonds is 9.